The summed E-state index contributed by atoms with van der Waals surface area (Å²) in [5.74, 6) is 1.21. The van der Waals surface area contributed by atoms with Crippen LogP contribution in [-0.4, -0.2) is 50.3 Å². The van der Waals surface area contributed by atoms with Crippen molar-refractivity contribution in [1.82, 2.24) is 10.2 Å². The monoisotopic (exact) mass is 332 g/mol. The van der Waals surface area contributed by atoms with Gasteiger partial charge in [0.15, 0.2) is 0 Å². The zero-order chi connectivity index (χ0) is 16.8. The zero-order valence-electron chi connectivity index (χ0n) is 14.5. The molecule has 2 fully saturated rings. The summed E-state index contributed by atoms with van der Waals surface area (Å²) in [5, 5.41) is 3.23. The Kier molecular flexibility index (Phi) is 6.10. The van der Waals surface area contributed by atoms with E-state index in [2.05, 4.69) is 22.3 Å². The highest BCUT2D eigenvalue weighted by atomic mass is 16.5. The first-order valence-electron chi connectivity index (χ1n) is 8.98. The number of piperidine rings is 1. The lowest BCUT2D eigenvalue weighted by atomic mass is 9.95. The van der Waals surface area contributed by atoms with Crippen LogP contribution in [0.1, 0.15) is 31.2 Å². The molecule has 5 nitrogen and oxygen atoms in total. The van der Waals surface area contributed by atoms with Crippen LogP contribution in [0.2, 0.25) is 0 Å². The van der Waals surface area contributed by atoms with Gasteiger partial charge in [0.2, 0.25) is 5.91 Å². The van der Waals surface area contributed by atoms with Gasteiger partial charge in [-0.05, 0) is 49.9 Å². The number of rotatable bonds is 5. The van der Waals surface area contributed by atoms with E-state index in [9.17, 15) is 4.79 Å². The molecule has 1 N–H and O–H groups in total. The zero-order valence-corrected chi connectivity index (χ0v) is 14.5. The Morgan fingerprint density at radius 2 is 2.17 bits per heavy atom. The Morgan fingerprint density at radius 1 is 1.33 bits per heavy atom. The van der Waals surface area contributed by atoms with E-state index in [1.165, 1.54) is 5.56 Å². The second-order valence-corrected chi connectivity index (χ2v) is 6.82. The van der Waals surface area contributed by atoms with Crippen molar-refractivity contribution in [2.24, 2.45) is 5.92 Å². The second kappa shape index (κ2) is 8.49. The fourth-order valence-electron chi connectivity index (χ4n) is 3.60. The van der Waals surface area contributed by atoms with E-state index in [4.69, 9.17) is 9.47 Å². The van der Waals surface area contributed by atoms with Gasteiger partial charge >= 0.3 is 0 Å². The van der Waals surface area contributed by atoms with Crippen molar-refractivity contribution in [3.63, 3.8) is 0 Å². The number of hydrogen-bond acceptors (Lipinski definition) is 4. The summed E-state index contributed by atoms with van der Waals surface area (Å²) in [5.41, 5.74) is 1.24. The van der Waals surface area contributed by atoms with Gasteiger partial charge in [0.25, 0.3) is 0 Å². The molecule has 132 valence electrons. The summed E-state index contributed by atoms with van der Waals surface area (Å²) in [7, 11) is 1.69. The highest BCUT2D eigenvalue weighted by Gasteiger charge is 2.27. The number of amides is 1. The Balaban J connectivity index is 1.52. The minimum atomic E-state index is 0.104. The van der Waals surface area contributed by atoms with Gasteiger partial charge in [0.05, 0.1) is 13.0 Å². The number of ether oxygens (including phenoxy) is 2. The summed E-state index contributed by atoms with van der Waals surface area (Å²) < 4.78 is 10.7. The maximum Gasteiger partial charge on any atom is 0.224 e. The molecule has 1 aromatic carbocycles. The van der Waals surface area contributed by atoms with Gasteiger partial charge < -0.3 is 14.8 Å². The van der Waals surface area contributed by atoms with Crippen LogP contribution in [-0.2, 0) is 16.1 Å². The first-order valence-corrected chi connectivity index (χ1v) is 8.98. The second-order valence-electron chi connectivity index (χ2n) is 6.82. The molecule has 1 unspecified atom stereocenters. The summed E-state index contributed by atoms with van der Waals surface area (Å²) in [6, 6.07) is 8.47. The standard InChI is InChI=1S/C19H28N2O3/c1-23-18-6-2-4-15(12-18)13-21-9-3-5-16(14-21)19(22)20-17-7-10-24-11-8-17/h2,4,6,12,16-17H,3,5,7-11,13-14H2,1H3,(H,20,22). The summed E-state index contributed by atoms with van der Waals surface area (Å²) in [6.45, 7) is 4.29. The van der Waals surface area contributed by atoms with Crippen LogP contribution in [0.4, 0.5) is 0 Å². The van der Waals surface area contributed by atoms with E-state index in [1.54, 1.807) is 7.11 Å². The van der Waals surface area contributed by atoms with Gasteiger partial charge in [0.1, 0.15) is 5.75 Å². The lowest BCUT2D eigenvalue weighted by Crippen LogP contribution is -2.47. The molecule has 0 radical (unpaired) electrons. The molecule has 5 heteroatoms. The summed E-state index contributed by atoms with van der Waals surface area (Å²) >= 11 is 0. The number of hydrogen-bond donors (Lipinski definition) is 1. The molecule has 0 aromatic heterocycles. The van der Waals surface area contributed by atoms with E-state index in [0.717, 1.165) is 64.3 Å². The van der Waals surface area contributed by atoms with Crippen molar-refractivity contribution in [3.05, 3.63) is 29.8 Å². The molecule has 0 saturated carbocycles. The minimum absolute atomic E-state index is 0.104. The van der Waals surface area contributed by atoms with Gasteiger partial charge in [-0.2, -0.15) is 0 Å². The van der Waals surface area contributed by atoms with Crippen molar-refractivity contribution < 1.29 is 14.3 Å². The molecular formula is C19H28N2O3. The molecule has 0 aliphatic carbocycles. The van der Waals surface area contributed by atoms with E-state index in [-0.39, 0.29) is 11.8 Å². The molecule has 2 heterocycles. The predicted octanol–water partition coefficient (Wildman–Crippen LogP) is 2.20. The van der Waals surface area contributed by atoms with Crippen LogP contribution in [0, 0.1) is 5.92 Å². The molecule has 2 saturated heterocycles. The highest BCUT2D eigenvalue weighted by molar-refractivity contribution is 5.79. The summed E-state index contributed by atoms with van der Waals surface area (Å²) in [6.07, 6.45) is 3.94. The third-order valence-corrected chi connectivity index (χ3v) is 4.98. The van der Waals surface area contributed by atoms with E-state index in [1.807, 2.05) is 12.1 Å². The maximum atomic E-state index is 12.6. The molecule has 1 amide bonds. The van der Waals surface area contributed by atoms with Crippen molar-refractivity contribution >= 4 is 5.91 Å². The number of methoxy groups -OCH3 is 1. The van der Waals surface area contributed by atoms with Gasteiger partial charge in [-0.25, -0.2) is 0 Å². The average Bonchev–Trinajstić information content (AvgIpc) is 2.63. The molecule has 1 atom stereocenters. The number of likely N-dealkylation sites (tertiary alicyclic amines) is 1. The van der Waals surface area contributed by atoms with Crippen molar-refractivity contribution in [2.75, 3.05) is 33.4 Å². The fraction of sp³-hybridized carbons (Fsp3) is 0.632. The van der Waals surface area contributed by atoms with Gasteiger partial charge in [0, 0.05) is 32.3 Å². The fourth-order valence-corrected chi connectivity index (χ4v) is 3.60. The smallest absolute Gasteiger partial charge is 0.224 e. The SMILES string of the molecule is COc1cccc(CN2CCCC(C(=O)NC3CCOCC3)C2)c1. The number of carbonyl (C=O) groups is 1. The Hall–Kier alpha value is -1.59. The Bertz CT molecular complexity index is 543. The average molecular weight is 332 g/mol. The maximum absolute atomic E-state index is 12.6. The van der Waals surface area contributed by atoms with E-state index < -0.39 is 0 Å². The first-order chi connectivity index (χ1) is 11.7. The Labute approximate surface area is 144 Å². The number of benzene rings is 1. The number of nitrogens with one attached hydrogen (secondary N) is 1. The lowest BCUT2D eigenvalue weighted by Gasteiger charge is -2.33. The molecule has 2 aliphatic heterocycles. The largest absolute Gasteiger partial charge is 0.497 e. The quantitative estimate of drug-likeness (QED) is 0.898. The highest BCUT2D eigenvalue weighted by Crippen LogP contribution is 2.21. The van der Waals surface area contributed by atoms with Crippen molar-refractivity contribution in [2.45, 2.75) is 38.3 Å². The first kappa shape index (κ1) is 17.2. The molecule has 0 bridgehead atoms. The third kappa shape index (κ3) is 4.71. The molecule has 1 aromatic rings. The van der Waals surface area contributed by atoms with Crippen molar-refractivity contribution in [1.29, 1.82) is 0 Å². The molecular weight excluding hydrogens is 304 g/mol. The van der Waals surface area contributed by atoms with E-state index >= 15 is 0 Å². The topological polar surface area (TPSA) is 50.8 Å². The normalized spacial score (nSPS) is 23.0. The van der Waals surface area contributed by atoms with E-state index in [0.29, 0.717) is 6.04 Å². The Morgan fingerprint density at radius 3 is 2.96 bits per heavy atom. The predicted molar refractivity (Wildman–Crippen MR) is 93.0 cm³/mol. The number of carbonyl (C=O) groups excluding carboxylic acids is 1. The minimum Gasteiger partial charge on any atom is -0.497 e. The van der Waals surface area contributed by atoms with Crippen LogP contribution in [0.15, 0.2) is 24.3 Å². The van der Waals surface area contributed by atoms with Crippen LogP contribution < -0.4 is 10.1 Å². The molecule has 24 heavy (non-hydrogen) atoms. The molecule has 2 aliphatic rings. The van der Waals surface area contributed by atoms with Crippen LogP contribution in [0.5, 0.6) is 5.75 Å². The molecule has 0 spiro atoms. The van der Waals surface area contributed by atoms with Crippen molar-refractivity contribution in [3.8, 4) is 5.75 Å². The van der Waals surface area contributed by atoms with Crippen LogP contribution in [0.25, 0.3) is 0 Å². The lowest BCUT2D eigenvalue weighted by molar-refractivity contribution is -0.128. The van der Waals surface area contributed by atoms with Gasteiger partial charge in [-0.1, -0.05) is 12.1 Å². The third-order valence-electron chi connectivity index (χ3n) is 4.98. The number of nitrogens with zero attached hydrogens (tertiary/aromatic N) is 1. The van der Waals surface area contributed by atoms with Crippen LogP contribution in [0.3, 0.4) is 0 Å². The van der Waals surface area contributed by atoms with Gasteiger partial charge in [-0.15, -0.1) is 0 Å². The van der Waals surface area contributed by atoms with Crippen LogP contribution >= 0.6 is 0 Å². The summed E-state index contributed by atoms with van der Waals surface area (Å²) in [4.78, 5) is 14.9. The van der Waals surface area contributed by atoms with Gasteiger partial charge in [-0.3, -0.25) is 9.69 Å². The molecule has 3 rings (SSSR count).